The van der Waals surface area contributed by atoms with Crippen molar-refractivity contribution in [3.63, 3.8) is 0 Å². The summed E-state index contributed by atoms with van der Waals surface area (Å²) in [4.78, 5) is 14.7. The number of fused-ring (bicyclic) bond motifs is 3. The molecule has 0 N–H and O–H groups in total. The molecule has 0 aromatic heterocycles. The Morgan fingerprint density at radius 1 is 0.913 bits per heavy atom. The molecule has 1 aliphatic carbocycles. The first-order valence-electron chi connectivity index (χ1n) is 8.71. The Kier molecular flexibility index (Phi) is 3.90. The Balaban J connectivity index is 1.62. The zero-order valence-corrected chi connectivity index (χ0v) is 13.4. The fourth-order valence-corrected chi connectivity index (χ4v) is 4.28. The second-order valence-corrected chi connectivity index (χ2v) is 6.90. The van der Waals surface area contributed by atoms with Gasteiger partial charge in [-0.2, -0.15) is 0 Å². The number of benzene rings is 2. The number of carbonyl (C=O) groups is 1. The summed E-state index contributed by atoms with van der Waals surface area (Å²) >= 11 is 0. The molecular weight excluding hydrogens is 282 g/mol. The lowest BCUT2D eigenvalue weighted by Crippen LogP contribution is -2.34. The smallest absolute Gasteiger partial charge is 0.222 e. The molecule has 0 radical (unpaired) electrons. The number of rotatable bonds is 2. The van der Waals surface area contributed by atoms with Gasteiger partial charge in [0.05, 0.1) is 0 Å². The molecular formula is C21H23NO. The highest BCUT2D eigenvalue weighted by atomic mass is 16.2. The molecule has 0 spiro atoms. The van der Waals surface area contributed by atoms with E-state index in [9.17, 15) is 4.79 Å². The Morgan fingerprint density at radius 3 is 2.52 bits per heavy atom. The number of likely N-dealkylation sites (tertiary alicyclic amines) is 1. The van der Waals surface area contributed by atoms with E-state index in [2.05, 4.69) is 53.4 Å². The molecule has 0 saturated carbocycles. The quantitative estimate of drug-likeness (QED) is 0.816. The number of hydrogen-bond acceptors (Lipinski definition) is 1. The Hall–Kier alpha value is -2.09. The maximum Gasteiger partial charge on any atom is 0.222 e. The lowest BCUT2D eigenvalue weighted by atomic mass is 9.74. The molecule has 1 amide bonds. The lowest BCUT2D eigenvalue weighted by Gasteiger charge is -2.34. The summed E-state index contributed by atoms with van der Waals surface area (Å²) in [5.41, 5.74) is 4.20. The molecule has 2 aromatic carbocycles. The summed E-state index contributed by atoms with van der Waals surface area (Å²) in [5.74, 6) is 1.49. The largest absolute Gasteiger partial charge is 0.338 e. The maximum atomic E-state index is 12.6. The van der Waals surface area contributed by atoms with Crippen LogP contribution in [0.15, 0.2) is 54.6 Å². The van der Waals surface area contributed by atoms with E-state index in [1.54, 1.807) is 0 Å². The van der Waals surface area contributed by atoms with E-state index in [0.29, 0.717) is 24.2 Å². The van der Waals surface area contributed by atoms with Gasteiger partial charge in [-0.25, -0.2) is 0 Å². The van der Waals surface area contributed by atoms with Gasteiger partial charge in [0.15, 0.2) is 0 Å². The zero-order chi connectivity index (χ0) is 15.6. The molecule has 1 heterocycles. The van der Waals surface area contributed by atoms with E-state index < -0.39 is 0 Å². The minimum atomic E-state index is 0.320. The second-order valence-electron chi connectivity index (χ2n) is 6.90. The van der Waals surface area contributed by atoms with Crippen molar-refractivity contribution in [1.29, 1.82) is 0 Å². The van der Waals surface area contributed by atoms with Crippen LogP contribution in [0.3, 0.4) is 0 Å². The third-order valence-electron chi connectivity index (χ3n) is 5.52. The van der Waals surface area contributed by atoms with Crippen molar-refractivity contribution in [3.8, 4) is 0 Å². The first-order chi connectivity index (χ1) is 11.3. The molecule has 4 rings (SSSR count). The van der Waals surface area contributed by atoms with Crippen LogP contribution in [0.5, 0.6) is 0 Å². The molecule has 0 unspecified atom stereocenters. The van der Waals surface area contributed by atoms with E-state index in [1.807, 2.05) is 6.07 Å². The van der Waals surface area contributed by atoms with Crippen LogP contribution in [0.4, 0.5) is 0 Å². The van der Waals surface area contributed by atoms with Crippen molar-refractivity contribution in [2.24, 2.45) is 5.92 Å². The topological polar surface area (TPSA) is 20.3 Å². The van der Waals surface area contributed by atoms with E-state index in [1.165, 1.54) is 29.5 Å². The van der Waals surface area contributed by atoms with E-state index in [0.717, 1.165) is 19.5 Å². The van der Waals surface area contributed by atoms with E-state index in [4.69, 9.17) is 0 Å². The van der Waals surface area contributed by atoms with Crippen molar-refractivity contribution >= 4 is 5.91 Å². The fraction of sp³-hybridized carbons (Fsp3) is 0.381. The van der Waals surface area contributed by atoms with Crippen LogP contribution in [-0.2, 0) is 17.8 Å². The van der Waals surface area contributed by atoms with Gasteiger partial charge >= 0.3 is 0 Å². The average molecular weight is 305 g/mol. The predicted octanol–water partition coefficient (Wildman–Crippen LogP) is 4.16. The van der Waals surface area contributed by atoms with Crippen molar-refractivity contribution in [1.82, 2.24) is 4.90 Å². The minimum Gasteiger partial charge on any atom is -0.338 e. The van der Waals surface area contributed by atoms with Crippen LogP contribution in [0.1, 0.15) is 41.9 Å². The summed E-state index contributed by atoms with van der Waals surface area (Å²) in [6.07, 6.45) is 4.15. The van der Waals surface area contributed by atoms with Gasteiger partial charge in [0.25, 0.3) is 0 Å². The highest BCUT2D eigenvalue weighted by Crippen LogP contribution is 2.41. The number of amides is 1. The molecule has 1 aliphatic heterocycles. The highest BCUT2D eigenvalue weighted by Gasteiger charge is 2.34. The van der Waals surface area contributed by atoms with Gasteiger partial charge in [-0.1, -0.05) is 54.6 Å². The van der Waals surface area contributed by atoms with E-state index >= 15 is 0 Å². The third-order valence-corrected chi connectivity index (χ3v) is 5.52. The van der Waals surface area contributed by atoms with Gasteiger partial charge in [0, 0.05) is 25.4 Å². The number of hydrogen-bond donors (Lipinski definition) is 0. The van der Waals surface area contributed by atoms with Crippen molar-refractivity contribution in [2.75, 3.05) is 6.54 Å². The van der Waals surface area contributed by atoms with Gasteiger partial charge in [-0.15, -0.1) is 0 Å². The van der Waals surface area contributed by atoms with Crippen LogP contribution in [-0.4, -0.2) is 17.4 Å². The molecule has 2 nitrogen and oxygen atoms in total. The molecule has 0 bridgehead atoms. The molecule has 118 valence electrons. The lowest BCUT2D eigenvalue weighted by molar-refractivity contribution is -0.131. The van der Waals surface area contributed by atoms with Crippen molar-refractivity contribution in [2.45, 2.75) is 38.1 Å². The molecule has 23 heavy (non-hydrogen) atoms. The number of carbonyl (C=O) groups excluding carboxylic acids is 1. The highest BCUT2D eigenvalue weighted by molar-refractivity contribution is 5.76. The normalized spacial score (nSPS) is 23.8. The first kappa shape index (κ1) is 14.5. The van der Waals surface area contributed by atoms with Crippen LogP contribution in [0, 0.1) is 5.92 Å². The fourth-order valence-electron chi connectivity index (χ4n) is 4.28. The van der Waals surface area contributed by atoms with Gasteiger partial charge in [-0.3, -0.25) is 4.79 Å². The Labute approximate surface area is 138 Å². The Bertz CT molecular complexity index is 694. The van der Waals surface area contributed by atoms with Gasteiger partial charge in [0.1, 0.15) is 0 Å². The summed E-state index contributed by atoms with van der Waals surface area (Å²) < 4.78 is 0. The van der Waals surface area contributed by atoms with Crippen LogP contribution >= 0.6 is 0 Å². The molecule has 2 atom stereocenters. The van der Waals surface area contributed by atoms with Gasteiger partial charge < -0.3 is 4.90 Å². The van der Waals surface area contributed by atoms with Crippen molar-refractivity contribution in [3.05, 3.63) is 71.3 Å². The van der Waals surface area contributed by atoms with Crippen molar-refractivity contribution < 1.29 is 4.79 Å². The van der Waals surface area contributed by atoms with Gasteiger partial charge in [0.2, 0.25) is 5.91 Å². The monoisotopic (exact) mass is 305 g/mol. The number of aryl methyl sites for hydroxylation is 1. The zero-order valence-electron chi connectivity index (χ0n) is 13.4. The average Bonchev–Trinajstić information content (AvgIpc) is 2.76. The summed E-state index contributed by atoms with van der Waals surface area (Å²) in [7, 11) is 0. The SMILES string of the molecule is O=C1CC[C@H]2CCc3ccccc3[C@H]2CN1Cc1ccccc1. The summed E-state index contributed by atoms with van der Waals surface area (Å²) in [5, 5.41) is 0. The predicted molar refractivity (Wildman–Crippen MR) is 92.1 cm³/mol. The molecule has 2 aliphatic rings. The maximum absolute atomic E-state index is 12.6. The second kappa shape index (κ2) is 6.19. The number of nitrogens with zero attached hydrogens (tertiary/aromatic N) is 1. The molecule has 1 fully saturated rings. The van der Waals surface area contributed by atoms with Crippen LogP contribution in [0.25, 0.3) is 0 Å². The standard InChI is InChI=1S/C21H23NO/c23-21-13-12-18-11-10-17-8-4-5-9-19(17)20(18)15-22(21)14-16-6-2-1-3-7-16/h1-9,18,20H,10-15H2/t18-,20+/m1/s1. The minimum absolute atomic E-state index is 0.320. The molecule has 2 heteroatoms. The molecule has 1 saturated heterocycles. The summed E-state index contributed by atoms with van der Waals surface area (Å²) in [6, 6.07) is 19.2. The third kappa shape index (κ3) is 2.90. The van der Waals surface area contributed by atoms with E-state index in [-0.39, 0.29) is 0 Å². The first-order valence-corrected chi connectivity index (χ1v) is 8.71. The Morgan fingerprint density at radius 2 is 1.65 bits per heavy atom. The molecule has 2 aromatic rings. The summed E-state index contributed by atoms with van der Waals surface area (Å²) in [6.45, 7) is 1.61. The van der Waals surface area contributed by atoms with Crippen LogP contribution in [0.2, 0.25) is 0 Å². The van der Waals surface area contributed by atoms with Gasteiger partial charge in [-0.05, 0) is 41.9 Å². The van der Waals surface area contributed by atoms with Crippen LogP contribution < -0.4 is 0 Å².